The van der Waals surface area contributed by atoms with Gasteiger partial charge in [-0.25, -0.2) is 4.79 Å². The number of thiophene rings is 1. The number of hydrogen-bond acceptors (Lipinski definition) is 3. The third kappa shape index (κ3) is 2.43. The number of hydrogen-bond donors (Lipinski definition) is 3. The van der Waals surface area contributed by atoms with Gasteiger partial charge in [-0.15, -0.1) is 11.3 Å². The van der Waals surface area contributed by atoms with Crippen molar-refractivity contribution in [3.05, 3.63) is 53.4 Å². The van der Waals surface area contributed by atoms with E-state index >= 15 is 0 Å². The van der Waals surface area contributed by atoms with Gasteiger partial charge in [0.25, 0.3) is 0 Å². The Morgan fingerprint density at radius 1 is 1.16 bits per heavy atom. The normalized spacial score (nSPS) is 13.0. The number of nitrogens with one attached hydrogen (secondary N) is 2. The van der Waals surface area contributed by atoms with Crippen LogP contribution in [-0.2, 0) is 0 Å². The molecule has 1 aromatic carbocycles. The number of imidazole rings is 1. The maximum Gasteiger partial charge on any atom is 0.323 e. The highest BCUT2D eigenvalue weighted by atomic mass is 79.9. The molecule has 4 nitrogen and oxygen atoms in total. The Hall–Kier alpha value is -0.890. The second-order valence-electron chi connectivity index (χ2n) is 4.06. The first-order chi connectivity index (χ1) is 9.04. The molecule has 7 heteroatoms. The molecule has 2 aromatic heterocycles. The Morgan fingerprint density at radius 2 is 1.89 bits per heavy atom. The van der Waals surface area contributed by atoms with Crippen LogP contribution in [-0.4, -0.2) is 15.1 Å². The van der Waals surface area contributed by atoms with Crippen LogP contribution in [0, 0.1) is 0 Å². The Labute approximate surface area is 128 Å². The second kappa shape index (κ2) is 4.90. The van der Waals surface area contributed by atoms with Gasteiger partial charge in [-0.05, 0) is 55.6 Å². The molecule has 0 bridgehead atoms. The highest BCUT2D eigenvalue weighted by Crippen LogP contribution is 2.37. The number of aromatic nitrogens is 2. The van der Waals surface area contributed by atoms with Crippen molar-refractivity contribution in [2.45, 2.75) is 6.10 Å². The molecule has 0 aliphatic rings. The van der Waals surface area contributed by atoms with Crippen molar-refractivity contribution >= 4 is 54.2 Å². The van der Waals surface area contributed by atoms with Crippen LogP contribution in [0.4, 0.5) is 0 Å². The number of aromatic amines is 2. The smallest absolute Gasteiger partial charge is 0.323 e. The van der Waals surface area contributed by atoms with Gasteiger partial charge >= 0.3 is 5.69 Å². The van der Waals surface area contributed by atoms with E-state index in [1.807, 2.05) is 6.07 Å². The van der Waals surface area contributed by atoms with Crippen LogP contribution >= 0.6 is 43.2 Å². The Kier molecular flexibility index (Phi) is 3.38. The Balaban J connectivity index is 2.05. The summed E-state index contributed by atoms with van der Waals surface area (Å²) in [5.74, 6) is 0. The molecule has 0 aliphatic heterocycles. The molecule has 0 radical (unpaired) electrons. The molecule has 3 rings (SSSR count). The van der Waals surface area contributed by atoms with Crippen LogP contribution < -0.4 is 5.69 Å². The number of aliphatic hydroxyl groups is 1. The van der Waals surface area contributed by atoms with E-state index in [9.17, 15) is 9.90 Å². The van der Waals surface area contributed by atoms with Crippen LogP contribution in [0.2, 0.25) is 0 Å². The predicted octanol–water partition coefficient (Wildman–Crippen LogP) is 3.52. The van der Waals surface area contributed by atoms with Gasteiger partial charge in [0.05, 0.1) is 14.8 Å². The van der Waals surface area contributed by atoms with Gasteiger partial charge in [0.2, 0.25) is 0 Å². The highest BCUT2D eigenvalue weighted by molar-refractivity contribution is 9.13. The largest absolute Gasteiger partial charge is 0.383 e. The van der Waals surface area contributed by atoms with Crippen molar-refractivity contribution < 1.29 is 5.11 Å². The van der Waals surface area contributed by atoms with Gasteiger partial charge in [-0.2, -0.15) is 0 Å². The van der Waals surface area contributed by atoms with E-state index in [0.717, 1.165) is 24.2 Å². The first-order valence-electron chi connectivity index (χ1n) is 5.39. The Morgan fingerprint density at radius 3 is 2.58 bits per heavy atom. The number of rotatable bonds is 2. The number of aliphatic hydroxyl groups excluding tert-OH is 1. The van der Waals surface area contributed by atoms with E-state index in [0.29, 0.717) is 5.52 Å². The number of H-pyrrole nitrogens is 2. The maximum atomic E-state index is 11.2. The maximum absolute atomic E-state index is 11.2. The fourth-order valence-electron chi connectivity index (χ4n) is 1.88. The summed E-state index contributed by atoms with van der Waals surface area (Å²) in [6.45, 7) is 0. The molecular weight excluding hydrogens is 396 g/mol. The molecule has 0 amide bonds. The zero-order valence-electron chi connectivity index (χ0n) is 9.41. The van der Waals surface area contributed by atoms with Crippen LogP contribution in [0.1, 0.15) is 16.5 Å². The molecular formula is C12H8Br2N2O2S. The molecule has 0 saturated heterocycles. The molecule has 3 aromatic rings. The quantitative estimate of drug-likeness (QED) is 0.612. The summed E-state index contributed by atoms with van der Waals surface area (Å²) in [6, 6.07) is 7.24. The molecule has 0 aliphatic carbocycles. The van der Waals surface area contributed by atoms with Crippen LogP contribution in [0.5, 0.6) is 0 Å². The molecule has 19 heavy (non-hydrogen) atoms. The van der Waals surface area contributed by atoms with Crippen molar-refractivity contribution in [1.29, 1.82) is 0 Å². The number of fused-ring (bicyclic) bond motifs is 1. The molecule has 1 atom stereocenters. The third-order valence-corrected chi connectivity index (χ3v) is 6.10. The summed E-state index contributed by atoms with van der Waals surface area (Å²) in [4.78, 5) is 17.4. The van der Waals surface area contributed by atoms with E-state index in [1.54, 1.807) is 18.2 Å². The van der Waals surface area contributed by atoms with Crippen molar-refractivity contribution in [3.63, 3.8) is 0 Å². The topological polar surface area (TPSA) is 68.9 Å². The second-order valence-corrected chi connectivity index (χ2v) is 7.31. The zero-order valence-corrected chi connectivity index (χ0v) is 13.4. The first-order valence-corrected chi connectivity index (χ1v) is 7.79. The minimum Gasteiger partial charge on any atom is -0.383 e. The fourth-order valence-corrected chi connectivity index (χ4v) is 3.99. The van der Waals surface area contributed by atoms with Gasteiger partial charge in [0, 0.05) is 9.35 Å². The monoisotopic (exact) mass is 402 g/mol. The van der Waals surface area contributed by atoms with Crippen LogP contribution in [0.3, 0.4) is 0 Å². The fraction of sp³-hybridized carbons (Fsp3) is 0.0833. The number of benzene rings is 1. The summed E-state index contributed by atoms with van der Waals surface area (Å²) in [5.41, 5.74) is 1.91. The van der Waals surface area contributed by atoms with Gasteiger partial charge in [-0.1, -0.05) is 6.07 Å². The minimum absolute atomic E-state index is 0.247. The van der Waals surface area contributed by atoms with E-state index < -0.39 is 6.10 Å². The van der Waals surface area contributed by atoms with Gasteiger partial charge in [0.1, 0.15) is 6.10 Å². The third-order valence-electron chi connectivity index (χ3n) is 2.79. The lowest BCUT2D eigenvalue weighted by Crippen LogP contribution is -1.99. The molecule has 0 saturated carbocycles. The van der Waals surface area contributed by atoms with Crippen LogP contribution in [0.15, 0.2) is 37.3 Å². The molecule has 2 heterocycles. The van der Waals surface area contributed by atoms with Gasteiger partial charge in [0.15, 0.2) is 0 Å². The van der Waals surface area contributed by atoms with Crippen molar-refractivity contribution in [3.8, 4) is 0 Å². The highest BCUT2D eigenvalue weighted by Gasteiger charge is 2.15. The predicted molar refractivity (Wildman–Crippen MR) is 82.7 cm³/mol. The molecule has 1 unspecified atom stereocenters. The summed E-state index contributed by atoms with van der Waals surface area (Å²) < 4.78 is 1.86. The van der Waals surface area contributed by atoms with Gasteiger partial charge in [-0.3, -0.25) is 0 Å². The van der Waals surface area contributed by atoms with E-state index in [4.69, 9.17) is 0 Å². The van der Waals surface area contributed by atoms with Crippen molar-refractivity contribution in [2.75, 3.05) is 0 Å². The average Bonchev–Trinajstić information content (AvgIpc) is 2.90. The molecule has 3 N–H and O–H groups in total. The lowest BCUT2D eigenvalue weighted by molar-refractivity contribution is 0.224. The Bertz CT molecular complexity index is 786. The lowest BCUT2D eigenvalue weighted by Gasteiger charge is -2.08. The standard InChI is InChI=1S/C12H8Br2N2O2S/c13-6-4-9(19-11(6)14)10(17)5-1-2-7-8(3-5)16-12(18)15-7/h1-4,10,17H,(H2,15,16,18). The molecule has 98 valence electrons. The van der Waals surface area contributed by atoms with E-state index in [-0.39, 0.29) is 5.69 Å². The summed E-state index contributed by atoms with van der Waals surface area (Å²) in [5, 5.41) is 10.4. The summed E-state index contributed by atoms with van der Waals surface area (Å²) in [6.07, 6.45) is -0.713. The van der Waals surface area contributed by atoms with E-state index in [1.165, 1.54) is 11.3 Å². The lowest BCUT2D eigenvalue weighted by atomic mass is 10.1. The summed E-state index contributed by atoms with van der Waals surface area (Å²) >= 11 is 8.28. The average molecular weight is 404 g/mol. The van der Waals surface area contributed by atoms with E-state index in [2.05, 4.69) is 41.8 Å². The SMILES string of the molecule is O=c1[nH]c2ccc(C(O)c3cc(Br)c(Br)s3)cc2[nH]1. The van der Waals surface area contributed by atoms with Crippen LogP contribution in [0.25, 0.3) is 11.0 Å². The molecule has 0 fully saturated rings. The zero-order chi connectivity index (χ0) is 13.6. The number of halogens is 2. The first kappa shape index (κ1) is 13.1. The van der Waals surface area contributed by atoms with Crippen molar-refractivity contribution in [1.82, 2.24) is 9.97 Å². The minimum atomic E-state index is -0.713. The van der Waals surface area contributed by atoms with Crippen molar-refractivity contribution in [2.24, 2.45) is 0 Å². The van der Waals surface area contributed by atoms with Gasteiger partial charge < -0.3 is 15.1 Å². The summed E-state index contributed by atoms with van der Waals surface area (Å²) in [7, 11) is 0. The molecule has 0 spiro atoms.